The number of hydrogen-bond acceptors (Lipinski definition) is 7. The molecule has 0 radical (unpaired) electrons. The summed E-state index contributed by atoms with van der Waals surface area (Å²) >= 11 is 0. The van der Waals surface area contributed by atoms with Gasteiger partial charge in [-0.25, -0.2) is 0 Å². The average molecular weight is 396 g/mol. The summed E-state index contributed by atoms with van der Waals surface area (Å²) in [5.41, 5.74) is 9.49. The Balaban J connectivity index is 0.000000465. The van der Waals surface area contributed by atoms with Gasteiger partial charge in [0.25, 0.3) is 0 Å². The molecule has 3 rings (SSSR count). The molecule has 1 aliphatic heterocycles. The topological polar surface area (TPSA) is 182 Å². The van der Waals surface area contributed by atoms with Crippen molar-refractivity contribution in [1.29, 1.82) is 5.41 Å². The third kappa shape index (κ3) is 6.20. The number of nitrogens with zero attached hydrogens (tertiary/aromatic N) is 1. The van der Waals surface area contributed by atoms with Crippen molar-refractivity contribution in [2.75, 3.05) is 5.73 Å². The smallest absolute Gasteiger partial charge is 0.303 e. The summed E-state index contributed by atoms with van der Waals surface area (Å²) in [7, 11) is -4.69. The Kier molecular flexibility index (Phi) is 6.37. The molecule has 0 amide bonds. The molecule has 0 fully saturated rings. The number of hydrogen-bond donors (Lipinski definition) is 4. The van der Waals surface area contributed by atoms with Crippen LogP contribution in [0.25, 0.3) is 22.2 Å². The second-order valence-corrected chi connectivity index (χ2v) is 6.57. The third-order valence-corrected chi connectivity index (χ3v) is 3.75. The van der Waals surface area contributed by atoms with E-state index in [4.69, 9.17) is 34.9 Å². The van der Waals surface area contributed by atoms with Crippen molar-refractivity contribution in [2.24, 2.45) is 0 Å². The van der Waals surface area contributed by atoms with Crippen molar-refractivity contribution in [2.45, 2.75) is 19.4 Å². The van der Waals surface area contributed by atoms with E-state index in [0.29, 0.717) is 24.0 Å². The number of nitrogens with two attached hydrogens (primary N) is 1. The first-order valence-electron chi connectivity index (χ1n) is 7.77. The summed E-state index contributed by atoms with van der Waals surface area (Å²) in [6, 6.07) is 13.3. The summed E-state index contributed by atoms with van der Waals surface area (Å²) in [6.45, 7) is 0.576. The number of nitrogens with one attached hydrogen (secondary N) is 1. The van der Waals surface area contributed by atoms with Gasteiger partial charge in [-0.3, -0.25) is 4.79 Å². The number of fused-ring (bicyclic) bond motifs is 2. The highest BCUT2D eigenvalue weighted by atomic mass is 35.7. The maximum atomic E-state index is 10.8. The molecule has 0 unspecified atom stereocenters. The minimum atomic E-state index is -4.69. The van der Waals surface area contributed by atoms with Crippen LogP contribution < -0.4 is 25.1 Å². The number of aromatic nitrogens is 1. The fourth-order valence-corrected chi connectivity index (χ4v) is 2.74. The zero-order chi connectivity index (χ0) is 20.2. The molecule has 0 saturated carbocycles. The van der Waals surface area contributed by atoms with Crippen LogP contribution in [0.15, 0.2) is 42.5 Å². The lowest BCUT2D eigenvalue weighted by Gasteiger charge is -2.19. The molecule has 0 bridgehead atoms. The number of rotatable bonds is 4. The highest BCUT2D eigenvalue weighted by Gasteiger charge is 2.11. The molecule has 27 heavy (non-hydrogen) atoms. The Hall–Kier alpha value is -2.69. The number of carboxylic acids is 1. The Labute approximate surface area is 156 Å². The van der Waals surface area contributed by atoms with E-state index < -0.39 is 16.2 Å². The number of aliphatic carboxylic acids is 1. The lowest BCUT2D eigenvalue weighted by molar-refractivity contribution is -1.92. The van der Waals surface area contributed by atoms with Crippen LogP contribution in [-0.2, 0) is 11.3 Å². The molecule has 10 heteroatoms. The second-order valence-electron chi connectivity index (χ2n) is 5.78. The van der Waals surface area contributed by atoms with Gasteiger partial charge in [-0.15, -0.1) is 0 Å². The molecule has 1 heterocycles. The predicted molar refractivity (Wildman–Crippen MR) is 87.9 cm³/mol. The van der Waals surface area contributed by atoms with Crippen LogP contribution in [0, 0.1) is 15.7 Å². The molecular weight excluding hydrogens is 378 g/mol. The van der Waals surface area contributed by atoms with Gasteiger partial charge in [0, 0.05) is 18.7 Å². The first-order chi connectivity index (χ1) is 12.5. The minimum absolute atomic E-state index is 0.119. The van der Waals surface area contributed by atoms with E-state index in [1.807, 2.05) is 24.3 Å². The normalized spacial score (nSPS) is 11.3. The third-order valence-electron chi connectivity index (χ3n) is 3.75. The van der Waals surface area contributed by atoms with Crippen molar-refractivity contribution in [3.05, 3.63) is 47.8 Å². The number of benzene rings is 2. The van der Waals surface area contributed by atoms with E-state index in [-0.39, 0.29) is 6.42 Å². The molecule has 5 N–H and O–H groups in total. The molecule has 2 aliphatic rings. The van der Waals surface area contributed by atoms with E-state index in [9.17, 15) is 4.79 Å². The number of anilines is 1. The number of aryl methyl sites for hydroxylation is 1. The monoisotopic (exact) mass is 395 g/mol. The zero-order valence-corrected chi connectivity index (χ0v) is 14.8. The van der Waals surface area contributed by atoms with E-state index in [1.54, 1.807) is 12.1 Å². The summed E-state index contributed by atoms with van der Waals surface area (Å²) in [5, 5.41) is 18.2. The molecule has 1 aromatic rings. The second kappa shape index (κ2) is 8.33. The standard InChI is InChI=1S/C17H17N3O2.ClHO4/c18-13-5-3-11-8-12-4-6-14(19)10-16(12)20(15(11)9-13)7-1-2-17(21)22;2-1(3,4)5/h3-6,8-10,18H,1-2,7,19H2,(H,21,22);(H,2,3,4,5). The molecule has 1 aliphatic carbocycles. The van der Waals surface area contributed by atoms with E-state index >= 15 is 0 Å². The van der Waals surface area contributed by atoms with Gasteiger partial charge in [-0.2, -0.15) is 14.0 Å². The fourth-order valence-electron chi connectivity index (χ4n) is 2.74. The zero-order valence-electron chi connectivity index (χ0n) is 14.1. The maximum absolute atomic E-state index is 10.8. The molecule has 9 nitrogen and oxygen atoms in total. The Morgan fingerprint density at radius 2 is 1.81 bits per heavy atom. The summed E-state index contributed by atoms with van der Waals surface area (Å²) < 4.78 is 34.8. The van der Waals surface area contributed by atoms with Gasteiger partial charge in [0.2, 0.25) is 0 Å². The number of carbonyl (C=O) groups is 1. The molecule has 0 saturated heterocycles. The SMILES string of the molecule is N=c1ccc2cc3ccc(N)cc3n(CCCC(=O)O)c-2c1.[O-][Cl+3]([O-])([O-])O. The Morgan fingerprint density at radius 1 is 1.15 bits per heavy atom. The molecule has 0 spiro atoms. The van der Waals surface area contributed by atoms with Gasteiger partial charge < -0.3 is 20.8 Å². The van der Waals surface area contributed by atoms with Gasteiger partial charge in [0.05, 0.1) is 31.5 Å². The molecule has 0 aromatic heterocycles. The Morgan fingerprint density at radius 3 is 2.44 bits per heavy atom. The highest BCUT2D eigenvalue weighted by molar-refractivity contribution is 5.88. The van der Waals surface area contributed by atoms with Gasteiger partial charge in [-0.05, 0) is 47.7 Å². The number of halogens is 1. The van der Waals surface area contributed by atoms with Crippen molar-refractivity contribution in [3.8, 4) is 11.3 Å². The van der Waals surface area contributed by atoms with Crippen LogP contribution in [0.2, 0.25) is 0 Å². The van der Waals surface area contributed by atoms with Crippen molar-refractivity contribution in [1.82, 2.24) is 4.57 Å². The van der Waals surface area contributed by atoms with Crippen molar-refractivity contribution < 1.29 is 38.8 Å². The summed E-state index contributed by atoms with van der Waals surface area (Å²) in [6.07, 6.45) is 0.652. The van der Waals surface area contributed by atoms with Gasteiger partial charge >= 0.3 is 5.97 Å². The largest absolute Gasteiger partial charge is 0.481 e. The maximum Gasteiger partial charge on any atom is 0.303 e. The fraction of sp³-hybridized carbons (Fsp3) is 0.176. The number of pyridine rings is 1. The van der Waals surface area contributed by atoms with Gasteiger partial charge in [0.15, 0.2) is 0 Å². The average Bonchev–Trinajstić information content (AvgIpc) is 2.53. The van der Waals surface area contributed by atoms with Crippen LogP contribution in [0.1, 0.15) is 12.8 Å². The number of nitrogen functional groups attached to an aromatic ring is 1. The lowest BCUT2D eigenvalue weighted by Crippen LogP contribution is -2.58. The summed E-state index contributed by atoms with van der Waals surface area (Å²) in [5.74, 6) is -0.800. The van der Waals surface area contributed by atoms with Crippen LogP contribution in [0.3, 0.4) is 0 Å². The van der Waals surface area contributed by atoms with Crippen LogP contribution in [-0.4, -0.2) is 20.3 Å². The van der Waals surface area contributed by atoms with Gasteiger partial charge in [-0.1, -0.05) is 12.1 Å². The predicted octanol–water partition coefficient (Wildman–Crippen LogP) is -1.45. The van der Waals surface area contributed by atoms with Crippen LogP contribution in [0.5, 0.6) is 0 Å². The quantitative estimate of drug-likeness (QED) is 0.307. The molecule has 0 atom stereocenters. The highest BCUT2D eigenvalue weighted by Crippen LogP contribution is 2.29. The Bertz CT molecular complexity index is 977. The van der Waals surface area contributed by atoms with Gasteiger partial charge in [0.1, 0.15) is 0 Å². The van der Waals surface area contributed by atoms with E-state index in [1.165, 1.54) is 0 Å². The molecular formula is C17H18ClN3O6. The first-order valence-corrected chi connectivity index (χ1v) is 9.03. The molecule has 1 aromatic carbocycles. The summed E-state index contributed by atoms with van der Waals surface area (Å²) in [4.78, 5) is 10.8. The van der Waals surface area contributed by atoms with Crippen molar-refractivity contribution in [3.63, 3.8) is 0 Å². The molecule has 144 valence electrons. The van der Waals surface area contributed by atoms with Crippen LogP contribution in [0.4, 0.5) is 5.69 Å². The lowest BCUT2D eigenvalue weighted by atomic mass is 10.0. The van der Waals surface area contributed by atoms with E-state index in [0.717, 1.165) is 22.2 Å². The number of carboxylic acid groups (broad SMARTS) is 1. The van der Waals surface area contributed by atoms with Crippen molar-refractivity contribution >= 4 is 22.6 Å². The minimum Gasteiger partial charge on any atom is -0.481 e. The first kappa shape index (κ1) is 20.6. The van der Waals surface area contributed by atoms with E-state index in [2.05, 4.69) is 10.6 Å². The van der Waals surface area contributed by atoms with Crippen LogP contribution >= 0.6 is 0 Å².